The molecule has 2 saturated carbocycles. The van der Waals surface area contributed by atoms with Crippen LogP contribution in [0.25, 0.3) is 0 Å². The normalized spacial score (nSPS) is 34.6. The molecule has 112 valence electrons. The molecule has 2 fully saturated rings. The van der Waals surface area contributed by atoms with Crippen LogP contribution in [0.4, 0.5) is 0 Å². The lowest BCUT2D eigenvalue weighted by atomic mass is 9.71. The maximum atomic E-state index is 5.00. The topological polar surface area (TPSA) is 24.9 Å². The molecule has 0 radical (unpaired) electrons. The molecule has 3 unspecified atom stereocenters. The molecule has 0 saturated heterocycles. The number of hydrogen-bond acceptors (Lipinski definition) is 3. The SMILES string of the molecule is CC(C)c1csc(C2(NC3CC3)CCC(C)C(C)C2)n1. The first kappa shape index (κ1) is 14.5. The van der Waals surface area contributed by atoms with Crippen molar-refractivity contribution in [3.63, 3.8) is 0 Å². The summed E-state index contributed by atoms with van der Waals surface area (Å²) in [5.74, 6) is 2.19. The van der Waals surface area contributed by atoms with E-state index < -0.39 is 0 Å². The van der Waals surface area contributed by atoms with Gasteiger partial charge in [-0.05, 0) is 49.9 Å². The van der Waals surface area contributed by atoms with Gasteiger partial charge < -0.3 is 5.32 Å². The fourth-order valence-electron chi connectivity index (χ4n) is 3.39. The molecule has 0 amide bonds. The summed E-state index contributed by atoms with van der Waals surface area (Å²) in [5, 5.41) is 7.60. The fraction of sp³-hybridized carbons (Fsp3) is 0.824. The first-order valence-electron chi connectivity index (χ1n) is 8.24. The zero-order valence-corrected chi connectivity index (χ0v) is 14.1. The molecule has 2 nitrogen and oxygen atoms in total. The Bertz CT molecular complexity index is 463. The van der Waals surface area contributed by atoms with E-state index in [1.165, 1.54) is 42.8 Å². The Morgan fingerprint density at radius 1 is 1.25 bits per heavy atom. The van der Waals surface area contributed by atoms with Crippen LogP contribution >= 0.6 is 11.3 Å². The summed E-state index contributed by atoms with van der Waals surface area (Å²) in [5.41, 5.74) is 1.44. The minimum absolute atomic E-state index is 0.172. The lowest BCUT2D eigenvalue weighted by molar-refractivity contribution is 0.138. The second-order valence-corrected chi connectivity index (χ2v) is 8.29. The highest BCUT2D eigenvalue weighted by molar-refractivity contribution is 7.09. The number of hydrogen-bond donors (Lipinski definition) is 1. The second kappa shape index (κ2) is 5.42. The van der Waals surface area contributed by atoms with Gasteiger partial charge in [-0.2, -0.15) is 0 Å². The van der Waals surface area contributed by atoms with Crippen molar-refractivity contribution >= 4 is 11.3 Å². The first-order chi connectivity index (χ1) is 9.50. The van der Waals surface area contributed by atoms with E-state index in [1.54, 1.807) is 0 Å². The van der Waals surface area contributed by atoms with Gasteiger partial charge >= 0.3 is 0 Å². The van der Waals surface area contributed by atoms with Crippen LogP contribution in [0.15, 0.2) is 5.38 Å². The van der Waals surface area contributed by atoms with Crippen LogP contribution in [-0.4, -0.2) is 11.0 Å². The third-order valence-corrected chi connectivity index (χ3v) is 6.31. The van der Waals surface area contributed by atoms with E-state index in [0.717, 1.165) is 17.9 Å². The molecule has 3 rings (SSSR count). The van der Waals surface area contributed by atoms with Crippen LogP contribution < -0.4 is 5.32 Å². The summed E-state index contributed by atoms with van der Waals surface area (Å²) < 4.78 is 0. The molecule has 0 bridgehead atoms. The zero-order valence-electron chi connectivity index (χ0n) is 13.3. The molecule has 1 aromatic heterocycles. The standard InChI is InChI=1S/C17H28N2S/c1-11(2)15-10-20-16(18-15)17(19-14-5-6-14)8-7-12(3)13(4)9-17/h10-14,19H,5-9H2,1-4H3. The van der Waals surface area contributed by atoms with Gasteiger partial charge in [-0.25, -0.2) is 4.98 Å². The first-order valence-corrected chi connectivity index (χ1v) is 9.12. The third kappa shape index (κ3) is 2.80. The highest BCUT2D eigenvalue weighted by atomic mass is 32.1. The summed E-state index contributed by atoms with van der Waals surface area (Å²) >= 11 is 1.88. The quantitative estimate of drug-likeness (QED) is 0.872. The Labute approximate surface area is 127 Å². The number of rotatable bonds is 4. The van der Waals surface area contributed by atoms with Crippen LogP contribution in [0.3, 0.4) is 0 Å². The molecular formula is C17H28N2S. The molecule has 2 aliphatic rings. The Kier molecular flexibility index (Phi) is 3.93. The van der Waals surface area contributed by atoms with E-state index in [2.05, 4.69) is 38.4 Å². The maximum absolute atomic E-state index is 5.00. The predicted octanol–water partition coefficient (Wildman–Crippen LogP) is 4.67. The molecular weight excluding hydrogens is 264 g/mol. The van der Waals surface area contributed by atoms with Crippen LogP contribution in [-0.2, 0) is 5.54 Å². The van der Waals surface area contributed by atoms with E-state index in [-0.39, 0.29) is 5.54 Å². The van der Waals surface area contributed by atoms with Gasteiger partial charge in [-0.15, -0.1) is 11.3 Å². The van der Waals surface area contributed by atoms with Crippen molar-refractivity contribution < 1.29 is 0 Å². The van der Waals surface area contributed by atoms with Crippen LogP contribution in [0.1, 0.15) is 76.4 Å². The van der Waals surface area contributed by atoms with E-state index >= 15 is 0 Å². The van der Waals surface area contributed by atoms with Crippen molar-refractivity contribution in [2.24, 2.45) is 11.8 Å². The smallest absolute Gasteiger partial charge is 0.113 e. The molecule has 1 heterocycles. The lowest BCUT2D eigenvalue weighted by Crippen LogP contribution is -2.48. The van der Waals surface area contributed by atoms with Crippen molar-refractivity contribution in [2.75, 3.05) is 0 Å². The van der Waals surface area contributed by atoms with Gasteiger partial charge in [0.25, 0.3) is 0 Å². The Morgan fingerprint density at radius 3 is 2.55 bits per heavy atom. The van der Waals surface area contributed by atoms with Gasteiger partial charge in [0.05, 0.1) is 11.2 Å². The van der Waals surface area contributed by atoms with Crippen LogP contribution in [0.5, 0.6) is 0 Å². The minimum atomic E-state index is 0.172. The Hall–Kier alpha value is -0.410. The lowest BCUT2D eigenvalue weighted by Gasteiger charge is -2.42. The Morgan fingerprint density at radius 2 is 2.00 bits per heavy atom. The largest absolute Gasteiger partial charge is 0.303 e. The van der Waals surface area contributed by atoms with Gasteiger partial charge in [-0.1, -0.05) is 27.7 Å². The minimum Gasteiger partial charge on any atom is -0.303 e. The third-order valence-electron chi connectivity index (χ3n) is 5.25. The molecule has 0 aromatic carbocycles. The van der Waals surface area contributed by atoms with E-state index in [0.29, 0.717) is 5.92 Å². The van der Waals surface area contributed by atoms with Gasteiger partial charge in [0.2, 0.25) is 0 Å². The molecule has 20 heavy (non-hydrogen) atoms. The van der Waals surface area contributed by atoms with Crippen molar-refractivity contribution in [2.45, 2.75) is 77.3 Å². The summed E-state index contributed by atoms with van der Waals surface area (Å²) in [6, 6.07) is 0.752. The monoisotopic (exact) mass is 292 g/mol. The van der Waals surface area contributed by atoms with Crippen LogP contribution in [0, 0.1) is 11.8 Å². The number of thiazole rings is 1. The maximum Gasteiger partial charge on any atom is 0.113 e. The van der Waals surface area contributed by atoms with Gasteiger partial charge in [0, 0.05) is 11.4 Å². The fourth-order valence-corrected chi connectivity index (χ4v) is 4.57. The molecule has 3 heteroatoms. The average Bonchev–Trinajstić information content (AvgIpc) is 3.06. The van der Waals surface area contributed by atoms with Crippen molar-refractivity contribution in [1.29, 1.82) is 0 Å². The summed E-state index contributed by atoms with van der Waals surface area (Å²) in [4.78, 5) is 5.00. The number of aromatic nitrogens is 1. The summed E-state index contributed by atoms with van der Waals surface area (Å²) in [6.45, 7) is 9.31. The number of nitrogens with zero attached hydrogens (tertiary/aromatic N) is 1. The van der Waals surface area contributed by atoms with Crippen LogP contribution in [0.2, 0.25) is 0 Å². The molecule has 2 aliphatic carbocycles. The predicted molar refractivity (Wildman–Crippen MR) is 86.2 cm³/mol. The second-order valence-electron chi connectivity index (χ2n) is 7.43. The highest BCUT2D eigenvalue weighted by Gasteiger charge is 2.44. The van der Waals surface area contributed by atoms with Crippen molar-refractivity contribution in [1.82, 2.24) is 10.3 Å². The van der Waals surface area contributed by atoms with Gasteiger partial charge in [-0.3, -0.25) is 0 Å². The van der Waals surface area contributed by atoms with Crippen molar-refractivity contribution in [3.8, 4) is 0 Å². The van der Waals surface area contributed by atoms with E-state index in [1.807, 2.05) is 11.3 Å². The highest BCUT2D eigenvalue weighted by Crippen LogP contribution is 2.45. The van der Waals surface area contributed by atoms with Gasteiger partial charge in [0.15, 0.2) is 0 Å². The van der Waals surface area contributed by atoms with E-state index in [4.69, 9.17) is 4.98 Å². The van der Waals surface area contributed by atoms with Gasteiger partial charge in [0.1, 0.15) is 5.01 Å². The van der Waals surface area contributed by atoms with Crippen molar-refractivity contribution in [3.05, 3.63) is 16.1 Å². The van der Waals surface area contributed by atoms with E-state index in [9.17, 15) is 0 Å². The molecule has 0 spiro atoms. The summed E-state index contributed by atoms with van der Waals surface area (Å²) in [7, 11) is 0. The Balaban J connectivity index is 1.88. The molecule has 0 aliphatic heterocycles. The number of nitrogens with one attached hydrogen (secondary N) is 1. The average molecular weight is 292 g/mol. The zero-order chi connectivity index (χ0) is 14.3. The molecule has 1 N–H and O–H groups in total. The molecule has 3 atom stereocenters. The summed E-state index contributed by atoms with van der Waals surface area (Å²) in [6.07, 6.45) is 6.56. The molecule has 1 aromatic rings.